The molecule has 2 aliphatic heterocycles. The molecule has 0 aromatic carbocycles. The zero-order valence-corrected chi connectivity index (χ0v) is 12.9. The van der Waals surface area contributed by atoms with E-state index in [9.17, 15) is 0 Å². The van der Waals surface area contributed by atoms with E-state index in [1.54, 1.807) is 6.20 Å². The number of hydrogen-bond donors (Lipinski definition) is 1. The van der Waals surface area contributed by atoms with E-state index in [1.807, 2.05) is 26.0 Å². The largest absolute Gasteiger partial charge is 0.487 e. The first-order chi connectivity index (χ1) is 10.2. The number of nitrogens with zero attached hydrogens (tertiary/aromatic N) is 2. The Hall–Kier alpha value is -1.33. The van der Waals surface area contributed by atoms with Gasteiger partial charge in [-0.05, 0) is 45.4 Å². The Labute approximate surface area is 126 Å². The third-order valence-corrected chi connectivity index (χ3v) is 4.09. The van der Waals surface area contributed by atoms with Crippen molar-refractivity contribution in [2.24, 2.45) is 0 Å². The number of pyridine rings is 1. The van der Waals surface area contributed by atoms with Crippen LogP contribution in [0, 0.1) is 0 Å². The summed E-state index contributed by atoms with van der Waals surface area (Å²) in [6, 6.07) is 4.50. The van der Waals surface area contributed by atoms with Gasteiger partial charge in [-0.25, -0.2) is 4.98 Å². The molecule has 1 N–H and O–H groups in total. The van der Waals surface area contributed by atoms with Gasteiger partial charge < -0.3 is 14.8 Å². The first-order valence-electron chi connectivity index (χ1n) is 7.93. The maximum atomic E-state index is 5.96. The second-order valence-electron chi connectivity index (χ2n) is 6.14. The van der Waals surface area contributed by atoms with Crippen molar-refractivity contribution in [3.05, 3.63) is 18.3 Å². The van der Waals surface area contributed by atoms with Crippen LogP contribution in [0.25, 0.3) is 0 Å². The molecule has 21 heavy (non-hydrogen) atoms. The number of hydrogen-bond acceptors (Lipinski definition) is 5. The predicted molar refractivity (Wildman–Crippen MR) is 82.8 cm³/mol. The van der Waals surface area contributed by atoms with Crippen LogP contribution in [0.5, 0.6) is 5.75 Å². The highest BCUT2D eigenvalue weighted by molar-refractivity contribution is 5.49. The van der Waals surface area contributed by atoms with E-state index >= 15 is 0 Å². The Morgan fingerprint density at radius 1 is 1.52 bits per heavy atom. The first kappa shape index (κ1) is 14.6. The lowest BCUT2D eigenvalue weighted by Crippen LogP contribution is -2.48. The Morgan fingerprint density at radius 3 is 3.29 bits per heavy atom. The van der Waals surface area contributed by atoms with Crippen LogP contribution in [-0.2, 0) is 4.74 Å². The van der Waals surface area contributed by atoms with E-state index in [2.05, 4.69) is 15.2 Å². The van der Waals surface area contributed by atoms with E-state index < -0.39 is 0 Å². The van der Waals surface area contributed by atoms with Crippen LogP contribution < -0.4 is 10.1 Å². The lowest BCUT2D eigenvalue weighted by Gasteiger charge is -2.35. The fraction of sp³-hybridized carbons (Fsp3) is 0.688. The summed E-state index contributed by atoms with van der Waals surface area (Å²) in [6.07, 6.45) is 4.75. The van der Waals surface area contributed by atoms with Crippen LogP contribution in [0.15, 0.2) is 18.3 Å². The van der Waals surface area contributed by atoms with Gasteiger partial charge in [0.15, 0.2) is 11.6 Å². The quantitative estimate of drug-likeness (QED) is 0.900. The Morgan fingerprint density at radius 2 is 2.43 bits per heavy atom. The summed E-state index contributed by atoms with van der Waals surface area (Å²) >= 11 is 0. The van der Waals surface area contributed by atoms with Crippen LogP contribution in [0.1, 0.15) is 26.7 Å². The van der Waals surface area contributed by atoms with Gasteiger partial charge in [0, 0.05) is 25.3 Å². The minimum atomic E-state index is 0.144. The molecule has 2 aliphatic rings. The fourth-order valence-corrected chi connectivity index (χ4v) is 3.09. The van der Waals surface area contributed by atoms with E-state index in [0.29, 0.717) is 6.04 Å². The van der Waals surface area contributed by atoms with Gasteiger partial charge in [0.25, 0.3) is 0 Å². The van der Waals surface area contributed by atoms with Gasteiger partial charge in [-0.15, -0.1) is 0 Å². The Balaban J connectivity index is 1.55. The van der Waals surface area contributed by atoms with E-state index in [1.165, 1.54) is 19.4 Å². The SMILES string of the molecule is CC(C)Oc1cccnc1NCC1CN2CCCC2CO1. The number of morpholine rings is 1. The van der Waals surface area contributed by atoms with Crippen LogP contribution in [0.2, 0.25) is 0 Å². The van der Waals surface area contributed by atoms with Gasteiger partial charge in [-0.3, -0.25) is 4.90 Å². The maximum absolute atomic E-state index is 5.96. The molecule has 5 nitrogen and oxygen atoms in total. The average molecular weight is 291 g/mol. The van der Waals surface area contributed by atoms with Crippen LogP contribution in [0.3, 0.4) is 0 Å². The second-order valence-corrected chi connectivity index (χ2v) is 6.14. The van der Waals surface area contributed by atoms with Gasteiger partial charge in [0.2, 0.25) is 0 Å². The molecule has 116 valence electrons. The normalized spacial score (nSPS) is 25.9. The minimum absolute atomic E-state index is 0.144. The highest BCUT2D eigenvalue weighted by Crippen LogP contribution is 2.25. The molecule has 0 amide bonds. The van der Waals surface area contributed by atoms with E-state index in [-0.39, 0.29) is 12.2 Å². The summed E-state index contributed by atoms with van der Waals surface area (Å²) in [5.41, 5.74) is 0. The lowest BCUT2D eigenvalue weighted by molar-refractivity contribution is -0.0416. The molecule has 2 unspecified atom stereocenters. The highest BCUT2D eigenvalue weighted by Gasteiger charge is 2.32. The standard InChI is InChI=1S/C16H25N3O2/c1-12(2)21-15-6-3-7-17-16(15)18-9-14-10-19-8-4-5-13(19)11-20-14/h3,6-7,12-14H,4-5,8-11H2,1-2H3,(H,17,18). The van der Waals surface area contributed by atoms with E-state index in [0.717, 1.165) is 31.3 Å². The molecule has 1 aromatic heterocycles. The van der Waals surface area contributed by atoms with Crippen molar-refractivity contribution in [3.8, 4) is 5.75 Å². The Kier molecular flexibility index (Phi) is 4.60. The zero-order valence-electron chi connectivity index (χ0n) is 12.9. The summed E-state index contributed by atoms with van der Waals surface area (Å²) in [5.74, 6) is 1.61. The van der Waals surface area contributed by atoms with E-state index in [4.69, 9.17) is 9.47 Å². The van der Waals surface area contributed by atoms with Crippen molar-refractivity contribution < 1.29 is 9.47 Å². The summed E-state index contributed by atoms with van der Waals surface area (Å²) in [6.45, 7) is 7.92. The third-order valence-electron chi connectivity index (χ3n) is 4.09. The monoisotopic (exact) mass is 291 g/mol. The molecule has 0 saturated carbocycles. The Bertz CT molecular complexity index is 467. The predicted octanol–water partition coefficient (Wildman–Crippen LogP) is 2.14. The van der Waals surface area contributed by atoms with Crippen molar-refractivity contribution in [1.82, 2.24) is 9.88 Å². The fourth-order valence-electron chi connectivity index (χ4n) is 3.09. The topological polar surface area (TPSA) is 46.6 Å². The molecular weight excluding hydrogens is 266 g/mol. The van der Waals surface area contributed by atoms with Crippen molar-refractivity contribution in [3.63, 3.8) is 0 Å². The van der Waals surface area contributed by atoms with Crippen LogP contribution in [-0.4, -0.2) is 54.4 Å². The minimum Gasteiger partial charge on any atom is -0.487 e. The molecule has 0 radical (unpaired) electrons. The van der Waals surface area contributed by atoms with Gasteiger partial charge in [0.1, 0.15) is 0 Å². The summed E-state index contributed by atoms with van der Waals surface area (Å²) < 4.78 is 11.7. The molecule has 0 spiro atoms. The van der Waals surface area contributed by atoms with Crippen molar-refractivity contribution in [2.75, 3.05) is 31.6 Å². The second kappa shape index (κ2) is 6.62. The van der Waals surface area contributed by atoms with Crippen molar-refractivity contribution in [1.29, 1.82) is 0 Å². The number of nitrogens with one attached hydrogen (secondary N) is 1. The molecule has 1 aromatic rings. The molecule has 3 rings (SSSR count). The molecule has 2 atom stereocenters. The van der Waals surface area contributed by atoms with Gasteiger partial charge in [0.05, 0.1) is 18.8 Å². The number of anilines is 1. The van der Waals surface area contributed by atoms with Crippen LogP contribution in [0.4, 0.5) is 5.82 Å². The van der Waals surface area contributed by atoms with Gasteiger partial charge in [-0.2, -0.15) is 0 Å². The summed E-state index contributed by atoms with van der Waals surface area (Å²) in [5, 5.41) is 3.38. The van der Waals surface area contributed by atoms with Crippen LogP contribution >= 0.6 is 0 Å². The molecule has 3 heterocycles. The van der Waals surface area contributed by atoms with Gasteiger partial charge >= 0.3 is 0 Å². The van der Waals surface area contributed by atoms with Gasteiger partial charge in [-0.1, -0.05) is 0 Å². The van der Waals surface area contributed by atoms with Crippen molar-refractivity contribution >= 4 is 5.82 Å². The zero-order chi connectivity index (χ0) is 14.7. The lowest BCUT2D eigenvalue weighted by atomic mass is 10.2. The summed E-state index contributed by atoms with van der Waals surface area (Å²) in [7, 11) is 0. The molecular formula is C16H25N3O2. The molecule has 2 fully saturated rings. The summed E-state index contributed by atoms with van der Waals surface area (Å²) in [4.78, 5) is 6.93. The molecule has 0 bridgehead atoms. The maximum Gasteiger partial charge on any atom is 0.168 e. The highest BCUT2D eigenvalue weighted by atomic mass is 16.5. The smallest absolute Gasteiger partial charge is 0.168 e. The average Bonchev–Trinajstić information content (AvgIpc) is 2.93. The molecule has 0 aliphatic carbocycles. The van der Waals surface area contributed by atoms with Crippen molar-refractivity contribution in [2.45, 2.75) is 44.9 Å². The molecule has 2 saturated heterocycles. The first-order valence-corrected chi connectivity index (χ1v) is 7.93. The number of aromatic nitrogens is 1. The number of ether oxygens (including phenoxy) is 2. The third kappa shape index (κ3) is 3.66. The molecule has 5 heteroatoms. The number of rotatable bonds is 5. The number of fused-ring (bicyclic) bond motifs is 1.